The van der Waals surface area contributed by atoms with E-state index in [4.69, 9.17) is 9.47 Å². The van der Waals surface area contributed by atoms with Crippen LogP contribution in [-0.2, 0) is 19.1 Å². The molecule has 22 heavy (non-hydrogen) atoms. The first-order chi connectivity index (χ1) is 10.6. The summed E-state index contributed by atoms with van der Waals surface area (Å²) in [4.78, 5) is 21.7. The van der Waals surface area contributed by atoms with Crippen LogP contribution in [-0.4, -0.2) is 24.6 Å². The molecule has 0 bridgehead atoms. The zero-order valence-corrected chi connectivity index (χ0v) is 12.9. The van der Waals surface area contributed by atoms with E-state index in [-0.39, 0.29) is 12.6 Å². The number of hydrogen-bond donors (Lipinski definition) is 0. The normalized spacial score (nSPS) is 10.5. The molecule has 1 unspecified atom stereocenters. The Balaban J connectivity index is 4.38. The number of hydrogen-bond acceptors (Lipinski definition) is 4. The van der Waals surface area contributed by atoms with Crippen LogP contribution in [0.4, 0.5) is 0 Å². The predicted octanol–water partition coefficient (Wildman–Crippen LogP) is 2.01. The molecule has 4 nitrogen and oxygen atoms in total. The van der Waals surface area contributed by atoms with E-state index in [0.717, 1.165) is 0 Å². The van der Waals surface area contributed by atoms with Gasteiger partial charge >= 0.3 is 11.9 Å². The van der Waals surface area contributed by atoms with Crippen LogP contribution < -0.4 is 0 Å². The van der Waals surface area contributed by atoms with Gasteiger partial charge in [0.1, 0.15) is 6.10 Å². The molecule has 0 amide bonds. The van der Waals surface area contributed by atoms with Crippen LogP contribution in [0, 0.1) is 35.5 Å². The Labute approximate surface area is 131 Å². The van der Waals surface area contributed by atoms with Gasteiger partial charge in [-0.1, -0.05) is 24.0 Å². The van der Waals surface area contributed by atoms with Crippen molar-refractivity contribution < 1.29 is 19.1 Å². The fourth-order valence-corrected chi connectivity index (χ4v) is 1.22. The van der Waals surface area contributed by atoms with E-state index < -0.39 is 12.1 Å². The molecule has 0 aromatic heterocycles. The van der Waals surface area contributed by atoms with Gasteiger partial charge in [-0.05, 0) is 42.8 Å². The van der Waals surface area contributed by atoms with Crippen LogP contribution in [0.3, 0.4) is 0 Å². The van der Waals surface area contributed by atoms with Crippen molar-refractivity contribution in [2.45, 2.75) is 33.3 Å². The summed E-state index contributed by atoms with van der Waals surface area (Å²) in [7, 11) is 0. The zero-order chi connectivity index (χ0) is 16.6. The van der Waals surface area contributed by atoms with Crippen molar-refractivity contribution >= 4 is 11.9 Å². The largest absolute Gasteiger partial charge is 0.466 e. The van der Waals surface area contributed by atoms with Crippen molar-refractivity contribution in [3.05, 3.63) is 24.3 Å². The van der Waals surface area contributed by atoms with Crippen molar-refractivity contribution in [1.82, 2.24) is 0 Å². The summed E-state index contributed by atoms with van der Waals surface area (Å²) < 4.78 is 9.89. The molecule has 0 N–H and O–H groups in total. The lowest BCUT2D eigenvalue weighted by molar-refractivity contribution is -0.146. The smallest absolute Gasteiger partial charge is 0.303 e. The van der Waals surface area contributed by atoms with E-state index in [9.17, 15) is 9.59 Å². The van der Waals surface area contributed by atoms with Crippen LogP contribution in [0.5, 0.6) is 0 Å². The molecule has 0 aromatic rings. The van der Waals surface area contributed by atoms with Crippen molar-refractivity contribution in [3.8, 4) is 35.5 Å². The summed E-state index contributed by atoms with van der Waals surface area (Å²) in [5, 5.41) is 0. The number of allylic oxidation sites excluding steroid dienone is 3. The van der Waals surface area contributed by atoms with Crippen LogP contribution in [0.15, 0.2) is 24.3 Å². The second-order valence-electron chi connectivity index (χ2n) is 3.91. The maximum atomic E-state index is 11.0. The van der Waals surface area contributed by atoms with Crippen molar-refractivity contribution in [3.63, 3.8) is 0 Å². The number of rotatable bonds is 6. The first-order valence-electron chi connectivity index (χ1n) is 6.62. The highest BCUT2D eigenvalue weighted by atomic mass is 16.6. The summed E-state index contributed by atoms with van der Waals surface area (Å²) in [6.45, 7) is 4.54. The molecule has 1 atom stereocenters. The van der Waals surface area contributed by atoms with Crippen LogP contribution >= 0.6 is 0 Å². The topological polar surface area (TPSA) is 52.6 Å². The Kier molecular flexibility index (Phi) is 11.4. The summed E-state index contributed by atoms with van der Waals surface area (Å²) >= 11 is 0. The molecule has 4 heteroatoms. The SMILES string of the molecule is CC#CC#CC#C/C=C/C=C/C(CCOC(C)=O)OC(C)=O. The maximum Gasteiger partial charge on any atom is 0.303 e. The maximum absolute atomic E-state index is 11.0. The monoisotopic (exact) mass is 298 g/mol. The van der Waals surface area contributed by atoms with E-state index in [1.54, 1.807) is 31.2 Å². The van der Waals surface area contributed by atoms with Gasteiger partial charge in [0, 0.05) is 20.3 Å². The first-order valence-corrected chi connectivity index (χ1v) is 6.62. The van der Waals surface area contributed by atoms with Gasteiger partial charge in [0.25, 0.3) is 0 Å². The lowest BCUT2D eigenvalue weighted by atomic mass is 10.2. The van der Waals surface area contributed by atoms with Crippen molar-refractivity contribution in [2.24, 2.45) is 0 Å². The van der Waals surface area contributed by atoms with E-state index in [0.29, 0.717) is 6.42 Å². The average molecular weight is 298 g/mol. The van der Waals surface area contributed by atoms with Gasteiger partial charge in [0.2, 0.25) is 0 Å². The first kappa shape index (κ1) is 19.1. The molecule has 0 saturated carbocycles. The van der Waals surface area contributed by atoms with E-state index >= 15 is 0 Å². The van der Waals surface area contributed by atoms with E-state index in [1.807, 2.05) is 0 Å². The molecule has 0 aromatic carbocycles. The predicted molar refractivity (Wildman–Crippen MR) is 84.1 cm³/mol. The van der Waals surface area contributed by atoms with E-state index in [1.165, 1.54) is 13.8 Å². The lowest BCUT2D eigenvalue weighted by Gasteiger charge is -2.12. The van der Waals surface area contributed by atoms with Crippen LogP contribution in [0.25, 0.3) is 0 Å². The second-order valence-corrected chi connectivity index (χ2v) is 3.91. The quantitative estimate of drug-likeness (QED) is 0.428. The second kappa shape index (κ2) is 13.1. The summed E-state index contributed by atoms with van der Waals surface area (Å²) in [5.74, 6) is 14.9. The van der Waals surface area contributed by atoms with Crippen molar-refractivity contribution in [1.29, 1.82) is 0 Å². The minimum atomic E-state index is -0.450. The summed E-state index contributed by atoms with van der Waals surface area (Å²) in [6.07, 6.45) is 6.65. The van der Waals surface area contributed by atoms with Gasteiger partial charge in [0.15, 0.2) is 0 Å². The Bertz CT molecular complexity index is 607. The Hall–Kier alpha value is -2.90. The number of carbonyl (C=O) groups excluding carboxylic acids is 2. The summed E-state index contributed by atoms with van der Waals surface area (Å²) in [6, 6.07) is 0. The fourth-order valence-electron chi connectivity index (χ4n) is 1.22. The number of ether oxygens (including phenoxy) is 2. The van der Waals surface area contributed by atoms with Crippen molar-refractivity contribution in [2.75, 3.05) is 6.61 Å². The molecular formula is C18H18O4. The van der Waals surface area contributed by atoms with Gasteiger partial charge in [-0.3, -0.25) is 9.59 Å². The van der Waals surface area contributed by atoms with Gasteiger partial charge in [-0.25, -0.2) is 0 Å². The van der Waals surface area contributed by atoms with Crippen LogP contribution in [0.2, 0.25) is 0 Å². The molecule has 0 aliphatic carbocycles. The lowest BCUT2D eigenvalue weighted by Crippen LogP contribution is -2.17. The molecule has 0 aliphatic rings. The van der Waals surface area contributed by atoms with Gasteiger partial charge < -0.3 is 9.47 Å². The molecule has 0 fully saturated rings. The minimum Gasteiger partial charge on any atom is -0.466 e. The molecule has 114 valence electrons. The molecular weight excluding hydrogens is 280 g/mol. The molecule has 0 radical (unpaired) electrons. The minimum absolute atomic E-state index is 0.190. The van der Waals surface area contributed by atoms with Gasteiger partial charge in [0.05, 0.1) is 6.61 Å². The van der Waals surface area contributed by atoms with E-state index in [2.05, 4.69) is 35.5 Å². The Morgan fingerprint density at radius 2 is 1.77 bits per heavy atom. The standard InChI is InChI=1S/C18H18O4/c1-4-5-6-7-8-9-10-11-12-13-18(22-17(3)20)14-15-21-16(2)19/h10-13,18H,14-15H2,1-3H3/b11-10+,13-12+. The van der Waals surface area contributed by atoms with Crippen LogP contribution in [0.1, 0.15) is 27.2 Å². The van der Waals surface area contributed by atoms with Gasteiger partial charge in [-0.2, -0.15) is 0 Å². The molecule has 0 heterocycles. The van der Waals surface area contributed by atoms with Gasteiger partial charge in [-0.15, -0.1) is 0 Å². The zero-order valence-electron chi connectivity index (χ0n) is 12.9. The molecule has 0 aliphatic heterocycles. The number of carbonyl (C=O) groups is 2. The molecule has 0 rings (SSSR count). The third kappa shape index (κ3) is 13.5. The fraction of sp³-hybridized carbons (Fsp3) is 0.333. The molecule has 0 saturated heterocycles. The molecule has 0 spiro atoms. The number of esters is 2. The highest BCUT2D eigenvalue weighted by Gasteiger charge is 2.08. The summed E-state index contributed by atoms with van der Waals surface area (Å²) in [5.41, 5.74) is 0. The highest BCUT2D eigenvalue weighted by molar-refractivity contribution is 5.66. The Morgan fingerprint density at radius 3 is 2.41 bits per heavy atom. The highest BCUT2D eigenvalue weighted by Crippen LogP contribution is 2.02. The third-order valence-corrected chi connectivity index (χ3v) is 2.03. The Morgan fingerprint density at radius 1 is 1.05 bits per heavy atom. The average Bonchev–Trinajstić information content (AvgIpc) is 2.44. The third-order valence-electron chi connectivity index (χ3n) is 2.03.